The van der Waals surface area contributed by atoms with Gasteiger partial charge in [0.05, 0.1) is 48.1 Å². The summed E-state index contributed by atoms with van der Waals surface area (Å²) in [7, 11) is -11.2. The van der Waals surface area contributed by atoms with Crippen molar-refractivity contribution < 1.29 is 41.5 Å². The summed E-state index contributed by atoms with van der Waals surface area (Å²) in [5.41, 5.74) is 6.48. The number of hydrogen-bond donors (Lipinski definition) is 8. The van der Waals surface area contributed by atoms with E-state index in [2.05, 4.69) is 31.3 Å². The molecule has 0 radical (unpaired) electrons. The Morgan fingerprint density at radius 3 is 1.44 bits per heavy atom. The van der Waals surface area contributed by atoms with E-state index >= 15 is 0 Å². The van der Waals surface area contributed by atoms with Gasteiger partial charge in [-0.05, 0) is 146 Å². The van der Waals surface area contributed by atoms with Crippen LogP contribution in [0.25, 0.3) is 0 Å². The van der Waals surface area contributed by atoms with Crippen LogP contribution in [0.3, 0.4) is 0 Å². The number of carbonyl (C=O) groups is 1. The minimum absolute atomic E-state index is 0.0142. The van der Waals surface area contributed by atoms with Crippen LogP contribution in [0.4, 0.5) is 28.4 Å². The number of rotatable bonds is 28. The molecule has 2 atom stereocenters. The molecule has 0 amide bonds. The molecule has 0 spiro atoms. The van der Waals surface area contributed by atoms with Crippen LogP contribution in [0, 0.1) is 25.2 Å². The van der Waals surface area contributed by atoms with Gasteiger partial charge in [0.2, 0.25) is 10.0 Å². The average Bonchev–Trinajstić information content (AvgIpc) is 0.959. The number of unbranched alkanes of at least 4 members (excludes halogenated alkanes) is 9. The number of nitriles is 1. The Morgan fingerprint density at radius 1 is 0.560 bits per heavy atom. The first kappa shape index (κ1) is 75.7. The van der Waals surface area contributed by atoms with Gasteiger partial charge in [-0.25, -0.2) is 8.42 Å². The summed E-state index contributed by atoms with van der Waals surface area (Å²) in [4.78, 5) is 11.9. The van der Waals surface area contributed by atoms with Gasteiger partial charge in [0.15, 0.2) is 11.5 Å². The fourth-order valence-electron chi connectivity index (χ4n) is 9.70. The summed E-state index contributed by atoms with van der Waals surface area (Å²) < 4.78 is 73.7. The van der Waals surface area contributed by atoms with Gasteiger partial charge in [-0.2, -0.15) is 13.7 Å². The molecule has 0 saturated heterocycles. The zero-order chi connectivity index (χ0) is 67.4. The molecule has 0 aliphatic carbocycles. The van der Waals surface area contributed by atoms with E-state index < -0.39 is 27.7 Å². The number of nitrogens with zero attached hydrogens (tertiary/aromatic N) is 1. The Labute approximate surface area is 566 Å². The second-order valence-corrected chi connectivity index (χ2v) is 30.5. The molecule has 24 heteroatoms. The molecule has 0 fully saturated rings. The largest absolute Gasteiger partial charge is 0.506 e. The molecular weight excluding hydrogens is 1340 g/mol. The number of aryl methyl sites for hydroxylation is 1. The highest BCUT2D eigenvalue weighted by atomic mass is 35.5. The minimum atomic E-state index is -4.16. The first-order valence-corrected chi connectivity index (χ1v) is 36.8. The monoisotopic (exact) mass is 1420 g/mol. The second-order valence-electron chi connectivity index (χ2n) is 22.7. The van der Waals surface area contributed by atoms with Gasteiger partial charge in [0, 0.05) is 33.0 Å². The van der Waals surface area contributed by atoms with E-state index in [1.165, 1.54) is 62.8 Å². The van der Waals surface area contributed by atoms with Crippen molar-refractivity contribution in [1.82, 2.24) is 0 Å². The Hall–Kier alpha value is -6.03. The number of Topliss-reactive ketones (excluding diaryl/α,β-unsaturated/α-hetero) is 1. The van der Waals surface area contributed by atoms with Gasteiger partial charge < -0.3 is 25.5 Å². The second kappa shape index (κ2) is 35.3. The van der Waals surface area contributed by atoms with Crippen molar-refractivity contribution in [2.24, 2.45) is 0 Å². The van der Waals surface area contributed by atoms with Crippen LogP contribution in [0.2, 0.25) is 30.1 Å². The maximum Gasteiger partial charge on any atom is 0.321 e. The summed E-state index contributed by atoms with van der Waals surface area (Å²) in [5.74, 6) is -0.924. The number of anilines is 5. The van der Waals surface area contributed by atoms with Gasteiger partial charge >= 0.3 is 10.2 Å². The Balaban J connectivity index is 0.000000264. The van der Waals surface area contributed by atoms with E-state index in [4.69, 9.17) is 74.9 Å². The Morgan fingerprint density at radius 2 is 0.989 bits per heavy atom. The lowest BCUT2D eigenvalue weighted by Crippen LogP contribution is -2.24. The zero-order valence-electron chi connectivity index (χ0n) is 52.0. The number of sulfonamides is 1. The van der Waals surface area contributed by atoms with Crippen molar-refractivity contribution in [2.45, 2.75) is 144 Å². The average molecular weight is 1420 g/mol. The minimum Gasteiger partial charge on any atom is -0.506 e. The highest BCUT2D eigenvalue weighted by molar-refractivity contribution is 7.94. The molecule has 490 valence electrons. The highest BCUT2D eigenvalue weighted by Crippen LogP contribution is 2.48. The number of carbonyl (C=O) groups excluding carboxylic acids is 1. The molecule has 0 aromatic heterocycles. The van der Waals surface area contributed by atoms with E-state index in [9.17, 15) is 41.5 Å². The van der Waals surface area contributed by atoms with Crippen LogP contribution in [0.1, 0.15) is 162 Å². The van der Waals surface area contributed by atoms with E-state index in [-0.39, 0.29) is 77.9 Å². The first-order chi connectivity index (χ1) is 42.9. The zero-order valence-corrected chi connectivity index (χ0v) is 59.1. The number of benzene rings is 7. The fourth-order valence-corrected chi connectivity index (χ4v) is 15.2. The van der Waals surface area contributed by atoms with Crippen LogP contribution in [-0.4, -0.2) is 43.7 Å². The van der Waals surface area contributed by atoms with Crippen molar-refractivity contribution in [2.75, 3.05) is 30.1 Å². The molecule has 7 aromatic rings. The van der Waals surface area contributed by atoms with Crippen LogP contribution in [0.15, 0.2) is 121 Å². The first-order valence-electron chi connectivity index (χ1n) is 29.7. The fraction of sp³-hybridized carbons (Fsp3) is 0.343. The number of hydrogen-bond acceptors (Lipinski definition) is 10. The molecule has 91 heavy (non-hydrogen) atoms. The van der Waals surface area contributed by atoms with Crippen molar-refractivity contribution in [3.63, 3.8) is 0 Å². The van der Waals surface area contributed by atoms with Crippen molar-refractivity contribution >= 4 is 137 Å². The lowest BCUT2D eigenvalue weighted by Gasteiger charge is -2.24. The summed E-state index contributed by atoms with van der Waals surface area (Å²) in [6.07, 6.45) is 11.7. The highest BCUT2D eigenvalue weighted by Gasteiger charge is 2.28. The molecule has 8 N–H and O–H groups in total. The van der Waals surface area contributed by atoms with E-state index in [0.29, 0.717) is 67.6 Å². The lowest BCUT2D eigenvalue weighted by atomic mass is 9.88. The number of ketones is 1. The number of aromatic hydroxyl groups is 3. The van der Waals surface area contributed by atoms with E-state index in [1.807, 2.05) is 76.2 Å². The summed E-state index contributed by atoms with van der Waals surface area (Å²) in [6.45, 7) is 15.0. The third-order valence-electron chi connectivity index (χ3n) is 14.6. The maximum absolute atomic E-state index is 13.9. The number of nitrogens with one attached hydrogen (secondary N) is 5. The van der Waals surface area contributed by atoms with Crippen molar-refractivity contribution in [3.05, 3.63) is 190 Å². The molecule has 7 aromatic carbocycles. The lowest BCUT2D eigenvalue weighted by molar-refractivity contribution is -0.118. The van der Waals surface area contributed by atoms with Crippen LogP contribution >= 0.6 is 77.0 Å². The molecule has 0 aliphatic heterocycles. The molecule has 2 unspecified atom stereocenters. The van der Waals surface area contributed by atoms with Crippen LogP contribution < -0.4 is 29.6 Å². The van der Waals surface area contributed by atoms with Gasteiger partial charge in [-0.15, -0.1) is 0 Å². The van der Waals surface area contributed by atoms with Crippen LogP contribution in [0.5, 0.6) is 17.2 Å². The topological polar surface area (TPSA) is 247 Å². The molecule has 0 bridgehead atoms. The Kier molecular flexibility index (Phi) is 29.4. The standard InChI is InChI=1S/C30H47Cl2N3O5S2.C19H15Cl4N2O2P.C18H17NO2/c1-6-7-8-9-10-11-12-13-14-15-16-41(37,38)33-23-17-25(21(2)3)29(26(18-23)22(4)5)35-42(39,40)34-24-19-27(31)30(36)28(32)20-24;1-11-15(20)7-12(8-16(11)21)24-28(27,14-5-3-2-4-6-14)25-13-9-17(22)19(26)18(23)10-13;1-12-8-14(9-16(11-19)18(12)21)10-17(13(2)20)15-6-4-3-5-7-15/h17-22,33-36H,6-16H2,1-5H3;2-10,26H,1H3,(H2,24,25,27);3-9,17,21H,10H2,1-2H3. The molecular formula is C67H79Cl6N6O9PS2. The number of halogens is 6. The predicted molar refractivity (Wildman–Crippen MR) is 380 cm³/mol. The van der Waals surface area contributed by atoms with Crippen molar-refractivity contribution in [3.8, 4) is 23.3 Å². The molecule has 0 saturated carbocycles. The maximum atomic E-state index is 13.9. The SMILES string of the molecule is CC(=O)C(Cc1cc(C)c(O)c(C#N)c1)c1ccccc1.CCCCCCCCCCCCS(=O)(=O)Nc1cc(C(C)C)c(NS(=O)(=O)Nc2cc(Cl)c(O)c(Cl)c2)c(C(C)C)c1.Cc1c(Cl)cc(NP(=O)(Nc2cc(Cl)c(O)c(Cl)c2)c2ccccc2)cc1Cl. The van der Waals surface area contributed by atoms with Gasteiger partial charge in [0.25, 0.3) is 7.44 Å². The molecule has 0 aliphatic rings. The summed E-state index contributed by atoms with van der Waals surface area (Å²) in [6, 6.07) is 35.9. The van der Waals surface area contributed by atoms with Crippen molar-refractivity contribution in [1.29, 1.82) is 5.26 Å². The molecule has 15 nitrogen and oxygen atoms in total. The van der Waals surface area contributed by atoms with Crippen LogP contribution in [-0.2, 0) is 36.0 Å². The third kappa shape index (κ3) is 23.2. The number of phenols is 3. The molecule has 7 rings (SSSR count). The predicted octanol–water partition coefficient (Wildman–Crippen LogP) is 20.2. The normalized spacial score (nSPS) is 12.3. The van der Waals surface area contributed by atoms with Gasteiger partial charge in [-0.3, -0.25) is 23.5 Å². The Bertz CT molecular complexity index is 3790. The van der Waals surface area contributed by atoms with E-state index in [0.717, 1.165) is 36.0 Å². The quantitative estimate of drug-likeness (QED) is 0.0130. The van der Waals surface area contributed by atoms with E-state index in [1.54, 1.807) is 75.4 Å². The van der Waals surface area contributed by atoms with Gasteiger partial charge in [0.1, 0.15) is 17.6 Å². The summed E-state index contributed by atoms with van der Waals surface area (Å²) in [5, 5.41) is 45.7. The smallest absolute Gasteiger partial charge is 0.321 e. The number of phenolic OH excluding ortho intramolecular Hbond substituents is 3. The summed E-state index contributed by atoms with van der Waals surface area (Å²) >= 11 is 36.3. The molecule has 0 heterocycles. The van der Waals surface area contributed by atoms with Gasteiger partial charge in [-0.1, -0.05) is 217 Å². The third-order valence-corrected chi connectivity index (χ3v) is 21.1.